The standard InChI is InChI=1S/C15H18N2O4S/c1-2-21-15(19)10-3-4-12-11(9-10)16-13(18)14(22-12)17-5-7-20-8-6-17/h3-4,9,14H,2,5-8H2,1H3,(H,16,18). The van der Waals surface area contributed by atoms with E-state index in [1.807, 2.05) is 6.07 Å². The van der Waals surface area contributed by atoms with Gasteiger partial charge in [-0.25, -0.2) is 4.79 Å². The Bertz CT molecular complexity index is 587. The van der Waals surface area contributed by atoms with Crippen LogP contribution in [0.3, 0.4) is 0 Å². The van der Waals surface area contributed by atoms with Crippen molar-refractivity contribution in [3.05, 3.63) is 23.8 Å². The van der Waals surface area contributed by atoms with Crippen LogP contribution in [0.2, 0.25) is 0 Å². The first-order valence-electron chi connectivity index (χ1n) is 7.29. The van der Waals surface area contributed by atoms with Gasteiger partial charge in [-0.2, -0.15) is 0 Å². The average Bonchev–Trinajstić information content (AvgIpc) is 2.54. The highest BCUT2D eigenvalue weighted by molar-refractivity contribution is 8.00. The molecule has 22 heavy (non-hydrogen) atoms. The number of anilines is 1. The molecule has 0 saturated carbocycles. The van der Waals surface area contributed by atoms with Crippen LogP contribution in [-0.2, 0) is 14.3 Å². The van der Waals surface area contributed by atoms with Crippen LogP contribution in [-0.4, -0.2) is 55.1 Å². The fourth-order valence-corrected chi connectivity index (χ4v) is 3.64. The van der Waals surface area contributed by atoms with Gasteiger partial charge in [0, 0.05) is 18.0 Å². The summed E-state index contributed by atoms with van der Waals surface area (Å²) in [5, 5.41) is 2.65. The van der Waals surface area contributed by atoms with Crippen molar-refractivity contribution in [1.82, 2.24) is 4.90 Å². The first-order valence-corrected chi connectivity index (χ1v) is 8.17. The van der Waals surface area contributed by atoms with Gasteiger partial charge in [0.2, 0.25) is 0 Å². The number of carbonyl (C=O) groups excluding carboxylic acids is 2. The van der Waals surface area contributed by atoms with Gasteiger partial charge in [-0.15, -0.1) is 0 Å². The number of hydrogen-bond donors (Lipinski definition) is 1. The van der Waals surface area contributed by atoms with Gasteiger partial charge in [-0.05, 0) is 25.1 Å². The first kappa shape index (κ1) is 15.3. The summed E-state index contributed by atoms with van der Waals surface area (Å²) in [4.78, 5) is 27.2. The molecule has 0 bridgehead atoms. The highest BCUT2D eigenvalue weighted by Gasteiger charge is 2.33. The predicted molar refractivity (Wildman–Crippen MR) is 83.1 cm³/mol. The number of fused-ring (bicyclic) bond motifs is 1. The summed E-state index contributed by atoms with van der Waals surface area (Å²) in [6, 6.07) is 5.27. The van der Waals surface area contributed by atoms with E-state index in [2.05, 4.69) is 10.2 Å². The molecule has 2 aliphatic rings. The highest BCUT2D eigenvalue weighted by Crippen LogP contribution is 2.37. The molecule has 1 N–H and O–H groups in total. The van der Waals surface area contributed by atoms with Crippen molar-refractivity contribution in [2.24, 2.45) is 0 Å². The number of nitrogens with zero attached hydrogens (tertiary/aromatic N) is 1. The van der Waals surface area contributed by atoms with Crippen LogP contribution in [0, 0.1) is 0 Å². The molecule has 1 aromatic carbocycles. The number of carbonyl (C=O) groups is 2. The monoisotopic (exact) mass is 322 g/mol. The molecule has 1 fully saturated rings. The number of ether oxygens (including phenoxy) is 2. The summed E-state index contributed by atoms with van der Waals surface area (Å²) in [5.41, 5.74) is 1.12. The molecule has 1 atom stereocenters. The van der Waals surface area contributed by atoms with Crippen molar-refractivity contribution < 1.29 is 19.1 Å². The van der Waals surface area contributed by atoms with Crippen molar-refractivity contribution >= 4 is 29.3 Å². The summed E-state index contributed by atoms with van der Waals surface area (Å²) in [5.74, 6) is -0.430. The summed E-state index contributed by atoms with van der Waals surface area (Å²) >= 11 is 1.51. The van der Waals surface area contributed by atoms with Gasteiger partial charge in [0.1, 0.15) is 5.37 Å². The Morgan fingerprint density at radius 1 is 1.45 bits per heavy atom. The molecule has 2 aliphatic heterocycles. The maximum absolute atomic E-state index is 12.3. The van der Waals surface area contributed by atoms with Crippen LogP contribution >= 0.6 is 11.8 Å². The van der Waals surface area contributed by atoms with Gasteiger partial charge < -0.3 is 14.8 Å². The van der Waals surface area contributed by atoms with E-state index in [9.17, 15) is 9.59 Å². The average molecular weight is 322 g/mol. The lowest BCUT2D eigenvalue weighted by molar-refractivity contribution is -0.119. The van der Waals surface area contributed by atoms with E-state index in [4.69, 9.17) is 9.47 Å². The van der Waals surface area contributed by atoms with Crippen molar-refractivity contribution in [2.45, 2.75) is 17.2 Å². The summed E-state index contributed by atoms with van der Waals surface area (Å²) in [6.07, 6.45) is 0. The molecular formula is C15H18N2O4S. The van der Waals surface area contributed by atoms with Crippen LogP contribution in [0.5, 0.6) is 0 Å². The molecule has 1 unspecified atom stereocenters. The molecule has 0 aromatic heterocycles. The molecule has 0 aliphatic carbocycles. The van der Waals surface area contributed by atoms with E-state index in [-0.39, 0.29) is 17.3 Å². The van der Waals surface area contributed by atoms with Crippen LogP contribution in [0.25, 0.3) is 0 Å². The molecule has 7 heteroatoms. The zero-order valence-electron chi connectivity index (χ0n) is 12.3. The van der Waals surface area contributed by atoms with Gasteiger partial charge in [0.15, 0.2) is 0 Å². The number of thioether (sulfide) groups is 1. The molecule has 1 saturated heterocycles. The number of nitrogens with one attached hydrogen (secondary N) is 1. The second kappa shape index (κ2) is 6.68. The van der Waals surface area contributed by atoms with E-state index >= 15 is 0 Å². The Kier molecular flexibility index (Phi) is 4.66. The molecule has 3 rings (SSSR count). The van der Waals surface area contributed by atoms with Crippen LogP contribution < -0.4 is 5.32 Å². The maximum atomic E-state index is 12.3. The van der Waals surface area contributed by atoms with Crippen molar-refractivity contribution in [2.75, 3.05) is 38.2 Å². The molecular weight excluding hydrogens is 304 g/mol. The number of esters is 1. The third kappa shape index (κ3) is 3.11. The highest BCUT2D eigenvalue weighted by atomic mass is 32.2. The zero-order chi connectivity index (χ0) is 15.5. The summed E-state index contributed by atoms with van der Waals surface area (Å²) in [7, 11) is 0. The smallest absolute Gasteiger partial charge is 0.338 e. The normalized spacial score (nSPS) is 21.9. The number of amides is 1. The first-order chi connectivity index (χ1) is 10.7. The second-order valence-electron chi connectivity index (χ2n) is 5.04. The Hall–Kier alpha value is -1.57. The molecule has 118 valence electrons. The lowest BCUT2D eigenvalue weighted by Gasteiger charge is -2.35. The van der Waals surface area contributed by atoms with Gasteiger partial charge in [-0.1, -0.05) is 11.8 Å². The third-order valence-corrected chi connectivity index (χ3v) is 4.93. The Morgan fingerprint density at radius 3 is 2.95 bits per heavy atom. The number of hydrogen-bond acceptors (Lipinski definition) is 6. The van der Waals surface area contributed by atoms with Gasteiger partial charge in [-0.3, -0.25) is 9.69 Å². The second-order valence-corrected chi connectivity index (χ2v) is 6.16. The minimum Gasteiger partial charge on any atom is -0.462 e. The number of morpholine rings is 1. The van der Waals surface area contributed by atoms with Crippen molar-refractivity contribution in [1.29, 1.82) is 0 Å². The molecule has 2 heterocycles. The van der Waals surface area contributed by atoms with Gasteiger partial charge in [0.25, 0.3) is 5.91 Å². The van der Waals surface area contributed by atoms with E-state index in [0.717, 1.165) is 18.0 Å². The molecule has 0 radical (unpaired) electrons. The lowest BCUT2D eigenvalue weighted by atomic mass is 10.2. The number of rotatable bonds is 3. The van der Waals surface area contributed by atoms with Gasteiger partial charge in [0.05, 0.1) is 31.1 Å². The SMILES string of the molecule is CCOC(=O)c1ccc2c(c1)NC(=O)C(N1CCOCC1)S2. The van der Waals surface area contributed by atoms with Gasteiger partial charge >= 0.3 is 5.97 Å². The van der Waals surface area contributed by atoms with E-state index in [1.54, 1.807) is 19.1 Å². The summed E-state index contributed by atoms with van der Waals surface area (Å²) < 4.78 is 10.3. The summed E-state index contributed by atoms with van der Waals surface area (Å²) in [6.45, 7) is 4.90. The largest absolute Gasteiger partial charge is 0.462 e. The fraction of sp³-hybridized carbons (Fsp3) is 0.467. The Labute approximate surface area is 133 Å². The predicted octanol–water partition coefficient (Wildman–Crippen LogP) is 1.57. The zero-order valence-corrected chi connectivity index (χ0v) is 13.1. The Balaban J connectivity index is 1.78. The van der Waals surface area contributed by atoms with Crippen LogP contribution in [0.15, 0.2) is 23.1 Å². The topological polar surface area (TPSA) is 67.9 Å². The quantitative estimate of drug-likeness (QED) is 0.852. The Morgan fingerprint density at radius 2 is 2.23 bits per heavy atom. The van der Waals surface area contributed by atoms with E-state index in [0.29, 0.717) is 31.1 Å². The van der Waals surface area contributed by atoms with E-state index < -0.39 is 0 Å². The van der Waals surface area contributed by atoms with E-state index in [1.165, 1.54) is 11.8 Å². The molecule has 6 nitrogen and oxygen atoms in total. The number of benzene rings is 1. The maximum Gasteiger partial charge on any atom is 0.338 e. The lowest BCUT2D eigenvalue weighted by Crippen LogP contribution is -2.48. The molecule has 1 amide bonds. The minimum atomic E-state index is -0.375. The molecule has 0 spiro atoms. The van der Waals surface area contributed by atoms with Crippen LogP contribution in [0.1, 0.15) is 17.3 Å². The molecule has 1 aromatic rings. The third-order valence-electron chi connectivity index (χ3n) is 3.59. The van der Waals surface area contributed by atoms with Crippen molar-refractivity contribution in [3.63, 3.8) is 0 Å². The minimum absolute atomic E-state index is 0.0552. The van der Waals surface area contributed by atoms with Crippen LogP contribution in [0.4, 0.5) is 5.69 Å². The van der Waals surface area contributed by atoms with Crippen molar-refractivity contribution in [3.8, 4) is 0 Å². The fourth-order valence-electron chi connectivity index (χ4n) is 2.49.